The molecule has 0 saturated heterocycles. The number of ether oxygens (including phenoxy) is 2. The van der Waals surface area contributed by atoms with E-state index < -0.39 is 15.8 Å². The van der Waals surface area contributed by atoms with E-state index in [0.717, 1.165) is 61.7 Å². The van der Waals surface area contributed by atoms with Gasteiger partial charge in [0.2, 0.25) is 0 Å². The van der Waals surface area contributed by atoms with E-state index in [1.54, 1.807) is 31.1 Å². The van der Waals surface area contributed by atoms with E-state index in [1.807, 2.05) is 18.2 Å². The van der Waals surface area contributed by atoms with Crippen molar-refractivity contribution in [2.45, 2.75) is 56.5 Å². The van der Waals surface area contributed by atoms with Crippen LogP contribution < -0.4 is 14.4 Å². The Hall–Kier alpha value is -4.00. The van der Waals surface area contributed by atoms with Gasteiger partial charge in [-0.2, -0.15) is 5.10 Å². The van der Waals surface area contributed by atoms with Gasteiger partial charge in [-0.15, -0.1) is 4.36 Å². The predicted octanol–water partition coefficient (Wildman–Crippen LogP) is 6.52. The minimum atomic E-state index is -3.30. The smallest absolute Gasteiger partial charge is 0.286 e. The molecule has 1 amide bonds. The zero-order valence-corrected chi connectivity index (χ0v) is 30.0. The standard InChI is InChI=1S/C37H42ClN7O4S/c1-44-20-29-34(41-44)39-23-40-35(29)42-50(47)16-5-3-4-8-32(48-2)28-12-9-26(28)19-45-21-37(15-6-7-24-17-27(38)11-13-30(24)37)22-49-33-14-10-25(18-31(33)45)36(46)43-50/h4,8,10-11,13-14,17-18,20,23,26,28,32H,3,5-7,9,12,15-16,19,21-22H2,1-2H3,(H,39,40,41,42,43,46,47)/b8-4-/t26-,28+,32-,37-,50?/m0/s1. The lowest BCUT2D eigenvalue weighted by molar-refractivity contribution is 0.0132. The molecule has 1 unspecified atom stereocenters. The average Bonchev–Trinajstić information content (AvgIpc) is 3.41. The van der Waals surface area contributed by atoms with E-state index >= 15 is 0 Å². The summed E-state index contributed by atoms with van der Waals surface area (Å²) in [5, 5.41) is 5.70. The largest absolute Gasteiger partial charge is 0.490 e. The highest BCUT2D eigenvalue weighted by atomic mass is 35.5. The molecule has 2 aromatic carbocycles. The normalized spacial score (nSPS) is 28.8. The topological polar surface area (TPSA) is 124 Å². The van der Waals surface area contributed by atoms with Gasteiger partial charge in [0.1, 0.15) is 22.0 Å². The maximum Gasteiger partial charge on any atom is 0.286 e. The zero-order valence-electron chi connectivity index (χ0n) is 28.4. The molecule has 1 spiro atoms. The average molecular weight is 716 g/mol. The number of fused-ring (bicyclic) bond motifs is 5. The Kier molecular flexibility index (Phi) is 8.81. The summed E-state index contributed by atoms with van der Waals surface area (Å²) in [5.41, 5.74) is 4.02. The van der Waals surface area contributed by atoms with Gasteiger partial charge in [0.15, 0.2) is 11.5 Å². The van der Waals surface area contributed by atoms with Gasteiger partial charge >= 0.3 is 0 Å². The van der Waals surface area contributed by atoms with Crippen molar-refractivity contribution < 1.29 is 18.5 Å². The Labute approximate surface area is 297 Å². The minimum Gasteiger partial charge on any atom is -0.490 e. The van der Waals surface area contributed by atoms with E-state index in [0.29, 0.717) is 53.7 Å². The number of hydrogen-bond donors (Lipinski definition) is 1. The van der Waals surface area contributed by atoms with Crippen LogP contribution in [0.2, 0.25) is 5.02 Å². The molecule has 2 bridgehead atoms. The number of nitrogens with zero attached hydrogens (tertiary/aromatic N) is 6. The third kappa shape index (κ3) is 6.26. The molecule has 1 saturated carbocycles. The Bertz CT molecular complexity index is 2110. The first-order valence-corrected chi connectivity index (χ1v) is 19.5. The van der Waals surface area contributed by atoms with Crippen LogP contribution in [0.4, 0.5) is 11.5 Å². The van der Waals surface area contributed by atoms with E-state index in [1.165, 1.54) is 17.5 Å². The Morgan fingerprint density at radius 1 is 1.14 bits per heavy atom. The zero-order chi connectivity index (χ0) is 34.5. The summed E-state index contributed by atoms with van der Waals surface area (Å²) in [7, 11) is 0.266. The van der Waals surface area contributed by atoms with Crippen molar-refractivity contribution in [3.8, 4) is 5.75 Å². The van der Waals surface area contributed by atoms with Crippen molar-refractivity contribution in [2.75, 3.05) is 42.2 Å². The first-order valence-electron chi connectivity index (χ1n) is 17.4. The Morgan fingerprint density at radius 2 is 2.04 bits per heavy atom. The number of carbonyl (C=O) groups is 1. The number of carbonyl (C=O) groups excluding carboxylic acids is 1. The molecule has 13 heteroatoms. The van der Waals surface area contributed by atoms with E-state index in [9.17, 15) is 9.00 Å². The molecular formula is C37H42ClN7O4S. The van der Waals surface area contributed by atoms with Crippen LogP contribution in [0.25, 0.3) is 11.0 Å². The highest BCUT2D eigenvalue weighted by molar-refractivity contribution is 7.95. The number of benzene rings is 2. The van der Waals surface area contributed by atoms with Gasteiger partial charge in [0, 0.05) is 49.4 Å². The van der Waals surface area contributed by atoms with Gasteiger partial charge in [-0.05, 0) is 98.2 Å². The molecule has 4 aromatic rings. The number of aromatic nitrogens is 4. The Balaban J connectivity index is 1.21. The second-order valence-electron chi connectivity index (χ2n) is 14.2. The number of rotatable bonds is 3. The lowest BCUT2D eigenvalue weighted by atomic mass is 9.68. The molecule has 50 heavy (non-hydrogen) atoms. The summed E-state index contributed by atoms with van der Waals surface area (Å²) in [6, 6.07) is 11.8. The molecule has 1 N–H and O–H groups in total. The van der Waals surface area contributed by atoms with Crippen LogP contribution in [0.3, 0.4) is 0 Å². The second kappa shape index (κ2) is 13.3. The van der Waals surface area contributed by atoms with Crippen molar-refractivity contribution in [1.82, 2.24) is 19.7 Å². The summed E-state index contributed by atoms with van der Waals surface area (Å²) in [5.74, 6) is 1.44. The maximum atomic E-state index is 14.6. The second-order valence-corrected chi connectivity index (χ2v) is 16.7. The van der Waals surface area contributed by atoms with Gasteiger partial charge in [0.25, 0.3) is 5.91 Å². The number of aryl methyl sites for hydroxylation is 2. The third-order valence-corrected chi connectivity index (χ3v) is 13.0. The molecule has 11 nitrogen and oxygen atoms in total. The molecule has 1 fully saturated rings. The van der Waals surface area contributed by atoms with Gasteiger partial charge in [-0.3, -0.25) is 14.2 Å². The monoisotopic (exact) mass is 715 g/mol. The highest BCUT2D eigenvalue weighted by Crippen LogP contribution is 2.47. The molecule has 8 rings (SSSR count). The van der Waals surface area contributed by atoms with E-state index in [4.69, 9.17) is 21.1 Å². The number of nitrogens with one attached hydrogen (secondary N) is 1. The van der Waals surface area contributed by atoms with Crippen molar-refractivity contribution in [1.29, 1.82) is 0 Å². The number of anilines is 2. The van der Waals surface area contributed by atoms with Crippen LogP contribution in [0.5, 0.6) is 5.75 Å². The van der Waals surface area contributed by atoms with Crippen LogP contribution in [-0.2, 0) is 33.5 Å². The quantitative estimate of drug-likeness (QED) is 0.238. The van der Waals surface area contributed by atoms with E-state index in [2.05, 4.69) is 53.3 Å². The molecule has 5 atom stereocenters. The van der Waals surface area contributed by atoms with Crippen molar-refractivity contribution in [2.24, 2.45) is 23.2 Å². The lowest BCUT2D eigenvalue weighted by Crippen LogP contribution is -2.49. The van der Waals surface area contributed by atoms with Gasteiger partial charge in [-0.1, -0.05) is 29.8 Å². The van der Waals surface area contributed by atoms with Crippen LogP contribution in [0.15, 0.2) is 65.4 Å². The SMILES string of the molecule is CO[C@H]1/C=C\CCCS(=O)(Nc2ncnc3nn(C)cc23)=NC(=O)c2ccc3c(c2)N(C[C@@H]2CC[C@H]21)C[C@@]1(CCCc2cc(Cl)ccc21)CO3. The number of halogens is 1. The highest BCUT2D eigenvalue weighted by Gasteiger charge is 2.44. The molecule has 262 valence electrons. The summed E-state index contributed by atoms with van der Waals surface area (Å²) in [4.78, 5) is 25.0. The third-order valence-electron chi connectivity index (χ3n) is 10.9. The fourth-order valence-electron chi connectivity index (χ4n) is 8.30. The molecule has 2 aromatic heterocycles. The summed E-state index contributed by atoms with van der Waals surface area (Å²) < 4.78 is 36.4. The van der Waals surface area contributed by atoms with Crippen LogP contribution in [-0.4, -0.2) is 68.5 Å². The Morgan fingerprint density at radius 3 is 2.88 bits per heavy atom. The maximum absolute atomic E-state index is 14.6. The molecular weight excluding hydrogens is 674 g/mol. The van der Waals surface area contributed by atoms with Crippen molar-refractivity contribution >= 4 is 50.0 Å². The number of allylic oxidation sites excluding steroid dienone is 1. The van der Waals surface area contributed by atoms with Crippen molar-refractivity contribution in [3.63, 3.8) is 0 Å². The van der Waals surface area contributed by atoms with Gasteiger partial charge in [-0.25, -0.2) is 14.2 Å². The molecule has 4 heterocycles. The molecule has 0 radical (unpaired) electrons. The number of amides is 1. The van der Waals surface area contributed by atoms with Crippen LogP contribution in [0.1, 0.15) is 60.0 Å². The van der Waals surface area contributed by atoms with Gasteiger partial charge < -0.3 is 14.4 Å². The molecule has 4 aliphatic rings. The molecule has 2 aliphatic heterocycles. The van der Waals surface area contributed by atoms with E-state index in [-0.39, 0.29) is 17.3 Å². The summed E-state index contributed by atoms with van der Waals surface area (Å²) in [6.45, 7) is 2.08. The number of hydrogen-bond acceptors (Lipinski definition) is 8. The first kappa shape index (κ1) is 33.2. The fraction of sp³-hybridized carbons (Fsp3) is 0.459. The predicted molar refractivity (Wildman–Crippen MR) is 195 cm³/mol. The number of methoxy groups -OCH3 is 1. The van der Waals surface area contributed by atoms with Crippen LogP contribution in [0, 0.1) is 11.8 Å². The van der Waals surface area contributed by atoms with Gasteiger partial charge in [0.05, 0.1) is 29.5 Å². The summed E-state index contributed by atoms with van der Waals surface area (Å²) in [6.07, 6.45) is 13.8. The minimum absolute atomic E-state index is 0.0178. The summed E-state index contributed by atoms with van der Waals surface area (Å²) >= 11 is 6.46. The lowest BCUT2D eigenvalue weighted by Gasteiger charge is -2.46. The van der Waals surface area contributed by atoms with Crippen LogP contribution >= 0.6 is 11.6 Å². The molecule has 2 aliphatic carbocycles. The van der Waals surface area contributed by atoms with Crippen molar-refractivity contribution in [3.05, 3.63) is 82.8 Å². The first-order chi connectivity index (χ1) is 24.2. The fourth-order valence-corrected chi connectivity index (χ4v) is 10.1.